The third kappa shape index (κ3) is 3.40. The molecule has 0 saturated carbocycles. The van der Waals surface area contributed by atoms with E-state index >= 15 is 0 Å². The molecule has 4 heteroatoms. The van der Waals surface area contributed by atoms with Crippen molar-refractivity contribution in [2.24, 2.45) is 0 Å². The minimum atomic E-state index is -0.250. The fraction of sp³-hybridized carbons (Fsp3) is 0.333. The van der Waals surface area contributed by atoms with E-state index in [0.717, 1.165) is 0 Å². The van der Waals surface area contributed by atoms with E-state index in [4.69, 9.17) is 10.2 Å². The number of rotatable bonds is 2. The Kier molecular flexibility index (Phi) is 3.95. The number of aliphatic hydroxyl groups is 2. The average molecular weight is 209 g/mol. The lowest BCUT2D eigenvalue weighted by Gasteiger charge is -1.96. The Morgan fingerprint density at radius 2 is 2.00 bits per heavy atom. The zero-order valence-electron chi connectivity index (χ0n) is 5.76. The van der Waals surface area contributed by atoms with Gasteiger partial charge in [-0.05, 0) is 22.9 Å². The van der Waals surface area contributed by atoms with Crippen molar-refractivity contribution in [3.8, 4) is 0 Å². The minimum Gasteiger partial charge on any atom is -0.511 e. The van der Waals surface area contributed by atoms with Gasteiger partial charge >= 0.3 is 0 Å². The zero-order valence-corrected chi connectivity index (χ0v) is 7.34. The second-order valence-electron chi connectivity index (χ2n) is 1.62. The molecule has 0 atom stereocenters. The smallest absolute Gasteiger partial charge is 0.277 e. The lowest BCUT2D eigenvalue weighted by atomic mass is 10.4. The molecule has 0 bridgehead atoms. The third-order valence-corrected chi connectivity index (χ3v) is 1.61. The molecule has 0 heterocycles. The molecule has 0 fully saturated rings. The van der Waals surface area contributed by atoms with Gasteiger partial charge in [-0.3, -0.25) is 0 Å². The van der Waals surface area contributed by atoms with Crippen LogP contribution in [0.2, 0.25) is 0 Å². The highest BCUT2D eigenvalue weighted by atomic mass is 79.9. The summed E-state index contributed by atoms with van der Waals surface area (Å²) < 4.78 is 4.81. The van der Waals surface area contributed by atoms with Crippen LogP contribution < -0.4 is 0 Å². The number of aliphatic hydroxyl groups excluding tert-OH is 2. The van der Waals surface area contributed by atoms with Crippen molar-refractivity contribution in [3.05, 3.63) is 22.3 Å². The Balaban J connectivity index is 4.27. The van der Waals surface area contributed by atoms with Gasteiger partial charge in [0.05, 0.1) is 11.6 Å². The Bertz CT molecular complexity index is 168. The van der Waals surface area contributed by atoms with E-state index in [1.54, 1.807) is 0 Å². The molecule has 10 heavy (non-hydrogen) atoms. The molecular formula is C6H9BrO3. The quantitative estimate of drug-likeness (QED) is 0.541. The second-order valence-corrected chi connectivity index (χ2v) is 2.47. The number of hydrogen-bond donors (Lipinski definition) is 2. The van der Waals surface area contributed by atoms with E-state index in [1.807, 2.05) is 0 Å². The van der Waals surface area contributed by atoms with Gasteiger partial charge in [-0.2, -0.15) is 0 Å². The number of methoxy groups -OCH3 is 1. The Labute approximate surface area is 67.8 Å². The van der Waals surface area contributed by atoms with Gasteiger partial charge < -0.3 is 14.9 Å². The molecule has 3 nitrogen and oxygen atoms in total. The first kappa shape index (κ1) is 9.36. The maximum absolute atomic E-state index is 8.79. The fourth-order valence-corrected chi connectivity index (χ4v) is 0.468. The predicted molar refractivity (Wildman–Crippen MR) is 42.0 cm³/mol. The van der Waals surface area contributed by atoms with E-state index in [2.05, 4.69) is 20.7 Å². The topological polar surface area (TPSA) is 49.7 Å². The van der Waals surface area contributed by atoms with Gasteiger partial charge in [0, 0.05) is 6.08 Å². The van der Waals surface area contributed by atoms with E-state index in [1.165, 1.54) is 20.1 Å². The summed E-state index contributed by atoms with van der Waals surface area (Å²) in [4.78, 5) is 0. The van der Waals surface area contributed by atoms with E-state index in [-0.39, 0.29) is 11.7 Å². The molecule has 2 N–H and O–H groups in total. The SMILES string of the molecule is CO/C(O)=C/C(Br)=C(\C)O. The molecule has 0 amide bonds. The molecular weight excluding hydrogens is 200 g/mol. The van der Waals surface area contributed by atoms with Crippen molar-refractivity contribution in [1.29, 1.82) is 0 Å². The first-order valence-electron chi connectivity index (χ1n) is 2.58. The monoisotopic (exact) mass is 208 g/mol. The Hall–Kier alpha value is -0.640. The normalized spacial score (nSPS) is 14.5. The molecule has 0 aliphatic rings. The summed E-state index contributed by atoms with van der Waals surface area (Å²) in [6, 6.07) is 0. The van der Waals surface area contributed by atoms with Crippen molar-refractivity contribution in [2.75, 3.05) is 7.11 Å². The van der Waals surface area contributed by atoms with E-state index < -0.39 is 0 Å². The predicted octanol–water partition coefficient (Wildman–Crippen LogP) is 2.22. The molecule has 0 rings (SSSR count). The molecule has 0 spiro atoms. The standard InChI is InChI=1S/C6H9BrO3/c1-4(8)5(7)3-6(9)10-2/h3,8-9H,1-2H3/b5-4-,6-3+. The Morgan fingerprint density at radius 1 is 1.50 bits per heavy atom. The number of allylic oxidation sites excluding steroid dienone is 3. The van der Waals surface area contributed by atoms with Crippen LogP contribution in [-0.2, 0) is 4.74 Å². The summed E-state index contributed by atoms with van der Waals surface area (Å²) in [6.07, 6.45) is 1.26. The first-order chi connectivity index (χ1) is 4.57. The highest BCUT2D eigenvalue weighted by molar-refractivity contribution is 9.11. The molecule has 0 unspecified atom stereocenters. The van der Waals surface area contributed by atoms with Crippen molar-refractivity contribution < 1.29 is 14.9 Å². The molecule has 0 aromatic heterocycles. The van der Waals surface area contributed by atoms with Crippen LogP contribution in [-0.4, -0.2) is 17.3 Å². The van der Waals surface area contributed by atoms with Crippen molar-refractivity contribution in [1.82, 2.24) is 0 Å². The summed E-state index contributed by atoms with van der Waals surface area (Å²) in [6.45, 7) is 1.49. The minimum absolute atomic E-state index is 0.0867. The summed E-state index contributed by atoms with van der Waals surface area (Å²) in [7, 11) is 1.33. The van der Waals surface area contributed by atoms with E-state index in [0.29, 0.717) is 4.48 Å². The molecule has 0 aromatic rings. The largest absolute Gasteiger partial charge is 0.511 e. The van der Waals surface area contributed by atoms with Gasteiger partial charge in [0.15, 0.2) is 0 Å². The van der Waals surface area contributed by atoms with Crippen LogP contribution in [0.3, 0.4) is 0 Å². The number of halogens is 1. The van der Waals surface area contributed by atoms with Crippen LogP contribution in [0.15, 0.2) is 22.3 Å². The maximum Gasteiger partial charge on any atom is 0.277 e. The Morgan fingerprint density at radius 3 is 2.30 bits per heavy atom. The molecule has 0 aromatic carbocycles. The van der Waals surface area contributed by atoms with Crippen LogP contribution in [0.25, 0.3) is 0 Å². The van der Waals surface area contributed by atoms with Gasteiger partial charge in [0.25, 0.3) is 5.95 Å². The van der Waals surface area contributed by atoms with Crippen molar-refractivity contribution in [3.63, 3.8) is 0 Å². The van der Waals surface area contributed by atoms with Crippen LogP contribution in [0, 0.1) is 0 Å². The summed E-state index contributed by atoms with van der Waals surface area (Å²) in [5.74, 6) is -0.163. The lowest BCUT2D eigenvalue weighted by Crippen LogP contribution is -1.84. The van der Waals surface area contributed by atoms with E-state index in [9.17, 15) is 0 Å². The third-order valence-electron chi connectivity index (χ3n) is 0.805. The highest BCUT2D eigenvalue weighted by Gasteiger charge is 1.95. The summed E-state index contributed by atoms with van der Waals surface area (Å²) >= 11 is 3.00. The van der Waals surface area contributed by atoms with Crippen molar-refractivity contribution in [2.45, 2.75) is 6.92 Å². The number of ether oxygens (including phenoxy) is 1. The zero-order chi connectivity index (χ0) is 8.15. The average Bonchev–Trinajstić information content (AvgIpc) is 1.87. The second kappa shape index (κ2) is 4.22. The maximum atomic E-state index is 8.79. The van der Waals surface area contributed by atoms with Crippen molar-refractivity contribution >= 4 is 15.9 Å². The van der Waals surface area contributed by atoms with Gasteiger partial charge in [-0.1, -0.05) is 0 Å². The van der Waals surface area contributed by atoms with Gasteiger partial charge in [-0.25, -0.2) is 0 Å². The van der Waals surface area contributed by atoms with Gasteiger partial charge in [-0.15, -0.1) is 0 Å². The summed E-state index contributed by atoms with van der Waals surface area (Å²) in [5.41, 5.74) is 0. The van der Waals surface area contributed by atoms with Crippen LogP contribution in [0.4, 0.5) is 0 Å². The summed E-state index contributed by atoms with van der Waals surface area (Å²) in [5, 5.41) is 17.5. The molecule has 0 saturated heterocycles. The molecule has 0 aliphatic heterocycles. The molecule has 0 radical (unpaired) electrons. The first-order valence-corrected chi connectivity index (χ1v) is 3.37. The van der Waals surface area contributed by atoms with Gasteiger partial charge in [0.2, 0.25) is 0 Å². The highest BCUT2D eigenvalue weighted by Crippen LogP contribution is 2.12. The lowest BCUT2D eigenvalue weighted by molar-refractivity contribution is 0.136. The molecule has 0 aliphatic carbocycles. The van der Waals surface area contributed by atoms with Gasteiger partial charge in [0.1, 0.15) is 5.76 Å². The molecule has 58 valence electrons. The fourth-order valence-electron chi connectivity index (χ4n) is 0.272. The van der Waals surface area contributed by atoms with Crippen LogP contribution in [0.5, 0.6) is 0 Å². The number of hydrogen-bond acceptors (Lipinski definition) is 3. The van der Waals surface area contributed by atoms with Crippen LogP contribution in [0.1, 0.15) is 6.92 Å². The van der Waals surface area contributed by atoms with Crippen LogP contribution >= 0.6 is 15.9 Å².